The second kappa shape index (κ2) is 9.78. The van der Waals surface area contributed by atoms with Crippen LogP contribution in [0.15, 0.2) is 4.99 Å². The monoisotopic (exact) mass is 377 g/mol. The summed E-state index contributed by atoms with van der Waals surface area (Å²) in [5, 5.41) is 3.37. The van der Waals surface area contributed by atoms with Gasteiger partial charge in [0.1, 0.15) is 6.04 Å². The van der Waals surface area contributed by atoms with Crippen molar-refractivity contribution in [3.05, 3.63) is 0 Å². The summed E-state index contributed by atoms with van der Waals surface area (Å²) >= 11 is 0. The molecule has 1 atom stereocenters. The summed E-state index contributed by atoms with van der Waals surface area (Å²) in [6, 6.07) is -1.38. The summed E-state index contributed by atoms with van der Waals surface area (Å²) in [5.74, 6) is 1.65. The number of nitrogens with one attached hydrogen (secondary N) is 1. The first-order valence-electron chi connectivity index (χ1n) is 9.80. The fraction of sp³-hybridized carbons (Fsp3) is 0.944. The van der Waals surface area contributed by atoms with Crippen LogP contribution < -0.4 is 5.32 Å². The molecule has 2 saturated heterocycles. The first-order valence-corrected chi connectivity index (χ1v) is 9.80. The Labute approximate surface area is 155 Å². The molecule has 1 N–H and O–H groups in total. The first kappa shape index (κ1) is 21.3. The van der Waals surface area contributed by atoms with E-state index in [0.717, 1.165) is 31.4 Å². The Hall–Kier alpha value is -1.02. The normalized spacial score (nSPS) is 23.3. The summed E-state index contributed by atoms with van der Waals surface area (Å²) < 4.78 is 38.5. The minimum Gasteiger partial charge on any atom is -0.356 e. The zero-order valence-electron chi connectivity index (χ0n) is 16.4. The first-order chi connectivity index (χ1) is 12.3. The molecular weight excluding hydrogens is 343 g/mol. The predicted octanol–water partition coefficient (Wildman–Crippen LogP) is 2.25. The third kappa shape index (κ3) is 6.30. The van der Waals surface area contributed by atoms with Gasteiger partial charge in [-0.15, -0.1) is 0 Å². The quantitative estimate of drug-likeness (QED) is 0.453. The fourth-order valence-electron chi connectivity index (χ4n) is 3.65. The molecule has 0 aliphatic carbocycles. The molecule has 2 heterocycles. The van der Waals surface area contributed by atoms with Gasteiger partial charge in [0.15, 0.2) is 5.96 Å². The molecule has 0 amide bonds. The summed E-state index contributed by atoms with van der Waals surface area (Å²) in [6.07, 6.45) is -0.530. The second-order valence-electron chi connectivity index (χ2n) is 7.59. The molecule has 2 rings (SSSR count). The maximum absolute atomic E-state index is 12.8. The Kier molecular flexibility index (Phi) is 8.01. The number of guanidine groups is 1. The van der Waals surface area contributed by atoms with Crippen molar-refractivity contribution >= 4 is 5.96 Å². The molecule has 0 radical (unpaired) electrons. The van der Waals surface area contributed by atoms with Crippen molar-refractivity contribution in [3.8, 4) is 0 Å². The average Bonchev–Trinajstić information content (AvgIpc) is 2.62. The minimum absolute atomic E-state index is 0.410. The Morgan fingerprint density at radius 2 is 1.73 bits per heavy atom. The lowest BCUT2D eigenvalue weighted by molar-refractivity contribution is -0.181. The van der Waals surface area contributed by atoms with Gasteiger partial charge in [-0.3, -0.25) is 9.89 Å². The van der Waals surface area contributed by atoms with Crippen molar-refractivity contribution < 1.29 is 13.2 Å². The number of likely N-dealkylation sites (tertiary alicyclic amines) is 1. The molecular formula is C18H34F3N5. The van der Waals surface area contributed by atoms with Gasteiger partial charge in [0.25, 0.3) is 0 Å². The van der Waals surface area contributed by atoms with Gasteiger partial charge >= 0.3 is 6.18 Å². The minimum atomic E-state index is -4.16. The highest BCUT2D eigenvalue weighted by Crippen LogP contribution is 2.25. The lowest BCUT2D eigenvalue weighted by Gasteiger charge is -2.39. The summed E-state index contributed by atoms with van der Waals surface area (Å²) in [7, 11) is 1.74. The van der Waals surface area contributed by atoms with Gasteiger partial charge in [0.2, 0.25) is 0 Å². The fourth-order valence-corrected chi connectivity index (χ4v) is 3.65. The highest BCUT2D eigenvalue weighted by molar-refractivity contribution is 5.79. The van der Waals surface area contributed by atoms with Gasteiger partial charge in [-0.25, -0.2) is 0 Å². The molecule has 152 valence electrons. The SMILES string of the molecule is CN=C(NCCCN1CCC(C)CC1)N1CCN(C(C)C(F)(F)F)CC1. The third-order valence-electron chi connectivity index (χ3n) is 5.66. The van der Waals surface area contributed by atoms with Gasteiger partial charge in [-0.05, 0) is 51.7 Å². The van der Waals surface area contributed by atoms with Gasteiger partial charge in [-0.1, -0.05) is 6.92 Å². The molecule has 1 unspecified atom stereocenters. The van der Waals surface area contributed by atoms with E-state index in [4.69, 9.17) is 0 Å². The Morgan fingerprint density at radius 1 is 1.12 bits per heavy atom. The van der Waals surface area contributed by atoms with Crippen LogP contribution in [0.4, 0.5) is 13.2 Å². The van der Waals surface area contributed by atoms with E-state index in [9.17, 15) is 13.2 Å². The summed E-state index contributed by atoms with van der Waals surface area (Å²) in [5.41, 5.74) is 0. The van der Waals surface area contributed by atoms with E-state index in [-0.39, 0.29) is 0 Å². The molecule has 0 aromatic rings. The number of alkyl halides is 3. The van der Waals surface area contributed by atoms with Crippen molar-refractivity contribution in [1.82, 2.24) is 20.0 Å². The second-order valence-corrected chi connectivity index (χ2v) is 7.59. The Morgan fingerprint density at radius 3 is 2.27 bits per heavy atom. The van der Waals surface area contributed by atoms with Crippen LogP contribution in [-0.4, -0.2) is 92.3 Å². The van der Waals surface area contributed by atoms with Crippen LogP contribution in [0.5, 0.6) is 0 Å². The zero-order chi connectivity index (χ0) is 19.2. The number of halogens is 3. The number of piperazine rings is 1. The molecule has 2 fully saturated rings. The maximum Gasteiger partial charge on any atom is 0.403 e. The molecule has 26 heavy (non-hydrogen) atoms. The highest BCUT2D eigenvalue weighted by Gasteiger charge is 2.41. The van der Waals surface area contributed by atoms with E-state index < -0.39 is 12.2 Å². The summed E-state index contributed by atoms with van der Waals surface area (Å²) in [6.45, 7) is 9.84. The van der Waals surface area contributed by atoms with Gasteiger partial charge in [0.05, 0.1) is 0 Å². The van der Waals surface area contributed by atoms with Gasteiger partial charge < -0.3 is 15.1 Å². The number of hydrogen-bond donors (Lipinski definition) is 1. The Bertz CT molecular complexity index is 439. The van der Waals surface area contributed by atoms with E-state index >= 15 is 0 Å². The number of rotatable bonds is 5. The number of nitrogens with zero attached hydrogens (tertiary/aromatic N) is 4. The third-order valence-corrected chi connectivity index (χ3v) is 5.66. The predicted molar refractivity (Wildman–Crippen MR) is 99.5 cm³/mol. The van der Waals surface area contributed by atoms with Crippen LogP contribution in [0.3, 0.4) is 0 Å². The summed E-state index contributed by atoms with van der Waals surface area (Å²) in [4.78, 5) is 10.4. The molecule has 5 nitrogen and oxygen atoms in total. The van der Waals surface area contributed by atoms with Crippen molar-refractivity contribution in [3.63, 3.8) is 0 Å². The average molecular weight is 377 g/mol. The maximum atomic E-state index is 12.8. The van der Waals surface area contributed by atoms with E-state index in [1.165, 1.54) is 37.8 Å². The molecule has 0 bridgehead atoms. The van der Waals surface area contributed by atoms with Crippen molar-refractivity contribution in [2.24, 2.45) is 10.9 Å². The van der Waals surface area contributed by atoms with Crippen molar-refractivity contribution in [1.29, 1.82) is 0 Å². The van der Waals surface area contributed by atoms with Crippen LogP contribution in [-0.2, 0) is 0 Å². The van der Waals surface area contributed by atoms with Crippen LogP contribution in [0, 0.1) is 5.92 Å². The molecule has 0 spiro atoms. The highest BCUT2D eigenvalue weighted by atomic mass is 19.4. The van der Waals surface area contributed by atoms with Crippen LogP contribution in [0.1, 0.15) is 33.1 Å². The lowest BCUT2D eigenvalue weighted by Crippen LogP contribution is -2.56. The molecule has 8 heteroatoms. The smallest absolute Gasteiger partial charge is 0.356 e. The molecule has 2 aliphatic rings. The lowest BCUT2D eigenvalue weighted by atomic mass is 9.99. The van der Waals surface area contributed by atoms with Gasteiger partial charge in [-0.2, -0.15) is 13.2 Å². The molecule has 2 aliphatic heterocycles. The van der Waals surface area contributed by atoms with Crippen molar-refractivity contribution in [2.75, 3.05) is 59.4 Å². The zero-order valence-corrected chi connectivity index (χ0v) is 16.4. The van der Waals surface area contributed by atoms with E-state index in [1.807, 2.05) is 0 Å². The van der Waals surface area contributed by atoms with E-state index in [0.29, 0.717) is 26.2 Å². The number of piperidine rings is 1. The largest absolute Gasteiger partial charge is 0.403 e. The van der Waals surface area contributed by atoms with Gasteiger partial charge in [0, 0.05) is 39.8 Å². The molecule has 0 saturated carbocycles. The molecule has 0 aromatic heterocycles. The topological polar surface area (TPSA) is 34.1 Å². The molecule has 0 aromatic carbocycles. The standard InChI is InChI=1S/C18H34F3N5/c1-15-5-9-24(10-6-15)8-4-7-23-17(22-3)26-13-11-25(12-14-26)16(2)18(19,20)21/h15-16H,4-14H2,1-3H3,(H,22,23). The number of aliphatic imine (C=N–C) groups is 1. The van der Waals surface area contributed by atoms with E-state index in [1.54, 1.807) is 7.05 Å². The van der Waals surface area contributed by atoms with Crippen molar-refractivity contribution in [2.45, 2.75) is 45.3 Å². The van der Waals surface area contributed by atoms with Crippen LogP contribution in [0.25, 0.3) is 0 Å². The number of hydrogen-bond acceptors (Lipinski definition) is 3. The van der Waals surface area contributed by atoms with Crippen LogP contribution >= 0.6 is 0 Å². The Balaban J connectivity index is 1.66. The van der Waals surface area contributed by atoms with E-state index in [2.05, 4.69) is 27.0 Å². The van der Waals surface area contributed by atoms with Crippen LogP contribution in [0.2, 0.25) is 0 Å².